The van der Waals surface area contributed by atoms with Gasteiger partial charge in [0.05, 0.1) is 47.4 Å². The summed E-state index contributed by atoms with van der Waals surface area (Å²) in [5, 5.41) is 30.9. The van der Waals surface area contributed by atoms with Crippen molar-refractivity contribution in [3.8, 4) is 12.1 Å². The lowest BCUT2D eigenvalue weighted by molar-refractivity contribution is -0.0248. The van der Waals surface area contributed by atoms with E-state index < -0.39 is 0 Å². The van der Waals surface area contributed by atoms with E-state index in [4.69, 9.17) is 16.3 Å². The zero-order valence-corrected chi connectivity index (χ0v) is 22.0. The van der Waals surface area contributed by atoms with E-state index in [9.17, 15) is 10.5 Å². The summed E-state index contributed by atoms with van der Waals surface area (Å²) in [5.41, 5.74) is 2.77. The van der Waals surface area contributed by atoms with Crippen LogP contribution in [0.2, 0.25) is 5.02 Å². The fourth-order valence-electron chi connectivity index (χ4n) is 5.29. The number of benzene rings is 1. The van der Waals surface area contributed by atoms with E-state index in [2.05, 4.69) is 54.6 Å². The largest absolute Gasteiger partial charge is 0.379 e. The Kier molecular flexibility index (Phi) is 6.44. The van der Waals surface area contributed by atoms with Crippen molar-refractivity contribution in [2.75, 3.05) is 54.9 Å². The zero-order valence-electron chi connectivity index (χ0n) is 21.2. The molecule has 2 saturated heterocycles. The van der Waals surface area contributed by atoms with Gasteiger partial charge in [-0.15, -0.1) is 5.10 Å². The summed E-state index contributed by atoms with van der Waals surface area (Å²) in [5.74, 6) is 0.814. The van der Waals surface area contributed by atoms with Gasteiger partial charge >= 0.3 is 0 Å². The standard InChI is InChI=1S/C26H29ClN10O/c1-26(36-8-10-38-11-9-36)4-6-35(7-5-26)21-13-17(14-28)12-20(22(21)27)32-25-33-23(31-18-2-3-18)24-30-16-19(15-29)37(24)34-25/h12-13,16,18H,2-11H2,1H3,(H2,31,32,33,34). The number of nitrogens with zero attached hydrogens (tertiary/aromatic N) is 8. The molecule has 1 saturated carbocycles. The van der Waals surface area contributed by atoms with Gasteiger partial charge in [-0.2, -0.15) is 20.0 Å². The van der Waals surface area contributed by atoms with E-state index in [1.807, 2.05) is 6.07 Å². The van der Waals surface area contributed by atoms with Crippen LogP contribution in [0.25, 0.3) is 5.65 Å². The Morgan fingerprint density at radius 3 is 2.55 bits per heavy atom. The van der Waals surface area contributed by atoms with E-state index in [-0.39, 0.29) is 11.5 Å². The minimum atomic E-state index is 0.123. The number of piperidine rings is 1. The molecule has 1 aromatic carbocycles. The number of nitriles is 2. The van der Waals surface area contributed by atoms with Gasteiger partial charge in [0.15, 0.2) is 17.2 Å². The van der Waals surface area contributed by atoms with Crippen molar-refractivity contribution in [2.45, 2.75) is 44.2 Å². The molecular weight excluding hydrogens is 504 g/mol. The molecule has 11 nitrogen and oxygen atoms in total. The van der Waals surface area contributed by atoms with Gasteiger partial charge in [0.2, 0.25) is 5.95 Å². The van der Waals surface area contributed by atoms with Gasteiger partial charge in [0, 0.05) is 37.8 Å². The quantitative estimate of drug-likeness (QED) is 0.486. The Hall–Kier alpha value is -3.64. The number of morpholine rings is 1. The molecule has 12 heteroatoms. The highest BCUT2D eigenvalue weighted by Gasteiger charge is 2.37. The van der Waals surface area contributed by atoms with Gasteiger partial charge in [-0.3, -0.25) is 4.90 Å². The Morgan fingerprint density at radius 2 is 1.87 bits per heavy atom. The minimum absolute atomic E-state index is 0.123. The van der Waals surface area contributed by atoms with E-state index in [1.165, 1.54) is 10.7 Å². The lowest BCUT2D eigenvalue weighted by Gasteiger charge is -2.48. The molecule has 2 aromatic heterocycles. The first kappa shape index (κ1) is 24.7. The summed E-state index contributed by atoms with van der Waals surface area (Å²) in [7, 11) is 0. The molecule has 0 amide bonds. The van der Waals surface area contributed by atoms with Crippen molar-refractivity contribution >= 4 is 40.4 Å². The summed E-state index contributed by atoms with van der Waals surface area (Å²) in [6, 6.07) is 8.26. The van der Waals surface area contributed by atoms with Crippen LogP contribution in [-0.4, -0.2) is 75.5 Å². The number of hydrogen-bond donors (Lipinski definition) is 2. The number of imidazole rings is 1. The number of anilines is 4. The number of rotatable bonds is 6. The van der Waals surface area contributed by atoms with Crippen LogP contribution in [0.1, 0.15) is 43.9 Å². The molecule has 3 aliphatic rings. The molecule has 0 spiro atoms. The first-order valence-corrected chi connectivity index (χ1v) is 13.4. The monoisotopic (exact) mass is 532 g/mol. The van der Waals surface area contributed by atoms with E-state index in [0.29, 0.717) is 39.5 Å². The molecule has 4 heterocycles. The average Bonchev–Trinajstić information content (AvgIpc) is 3.66. The molecule has 0 bridgehead atoms. The Bertz CT molecular complexity index is 1440. The zero-order chi connectivity index (χ0) is 26.3. The molecule has 1 aliphatic carbocycles. The van der Waals surface area contributed by atoms with E-state index >= 15 is 0 Å². The summed E-state index contributed by atoms with van der Waals surface area (Å²) >= 11 is 6.95. The predicted molar refractivity (Wildman–Crippen MR) is 144 cm³/mol. The third-order valence-electron chi connectivity index (χ3n) is 7.78. The first-order valence-electron chi connectivity index (χ1n) is 13.0. The van der Waals surface area contributed by atoms with Crippen LogP contribution < -0.4 is 15.5 Å². The van der Waals surface area contributed by atoms with Gasteiger partial charge in [0.1, 0.15) is 6.07 Å². The number of fused-ring (bicyclic) bond motifs is 1. The second-order valence-electron chi connectivity index (χ2n) is 10.4. The lowest BCUT2D eigenvalue weighted by atomic mass is 9.87. The van der Waals surface area contributed by atoms with E-state index in [0.717, 1.165) is 70.8 Å². The van der Waals surface area contributed by atoms with Crippen LogP contribution in [-0.2, 0) is 4.74 Å². The van der Waals surface area contributed by atoms with Crippen LogP contribution >= 0.6 is 11.6 Å². The maximum atomic E-state index is 9.78. The Balaban J connectivity index is 1.28. The summed E-state index contributed by atoms with van der Waals surface area (Å²) in [6.07, 6.45) is 5.59. The van der Waals surface area contributed by atoms with Crippen molar-refractivity contribution in [1.82, 2.24) is 24.5 Å². The van der Waals surface area contributed by atoms with Crippen molar-refractivity contribution < 1.29 is 4.74 Å². The Morgan fingerprint density at radius 1 is 1.11 bits per heavy atom. The fraction of sp³-hybridized carbons (Fsp3) is 0.500. The van der Waals surface area contributed by atoms with Crippen LogP contribution in [0, 0.1) is 22.7 Å². The van der Waals surface area contributed by atoms with E-state index in [1.54, 1.807) is 6.07 Å². The van der Waals surface area contributed by atoms with Crippen LogP contribution in [0.15, 0.2) is 18.3 Å². The van der Waals surface area contributed by atoms with Crippen LogP contribution in [0.3, 0.4) is 0 Å². The first-order chi connectivity index (χ1) is 18.5. The van der Waals surface area contributed by atoms with Crippen LogP contribution in [0.5, 0.6) is 0 Å². The smallest absolute Gasteiger partial charge is 0.247 e. The highest BCUT2D eigenvalue weighted by Crippen LogP contribution is 2.39. The predicted octanol–water partition coefficient (Wildman–Crippen LogP) is 3.53. The summed E-state index contributed by atoms with van der Waals surface area (Å²) in [6.45, 7) is 7.49. The maximum Gasteiger partial charge on any atom is 0.247 e. The number of halogens is 1. The maximum absolute atomic E-state index is 9.78. The number of ether oxygens (including phenoxy) is 1. The summed E-state index contributed by atoms with van der Waals surface area (Å²) in [4.78, 5) is 13.8. The van der Waals surface area contributed by atoms with Crippen molar-refractivity contribution in [3.05, 3.63) is 34.6 Å². The van der Waals surface area contributed by atoms with Crippen molar-refractivity contribution in [3.63, 3.8) is 0 Å². The molecule has 0 unspecified atom stereocenters. The molecule has 0 radical (unpaired) electrons. The molecule has 0 atom stereocenters. The highest BCUT2D eigenvalue weighted by molar-refractivity contribution is 6.36. The third kappa shape index (κ3) is 4.69. The fourth-order valence-corrected chi connectivity index (χ4v) is 5.57. The third-order valence-corrected chi connectivity index (χ3v) is 8.18. The highest BCUT2D eigenvalue weighted by atomic mass is 35.5. The number of aromatic nitrogens is 4. The van der Waals surface area contributed by atoms with Crippen LogP contribution in [0.4, 0.5) is 23.1 Å². The Labute approximate surface area is 226 Å². The molecule has 196 valence electrons. The van der Waals surface area contributed by atoms with Gasteiger partial charge in [-0.25, -0.2) is 4.98 Å². The molecule has 3 fully saturated rings. The molecule has 6 rings (SSSR count). The second kappa shape index (κ2) is 9.91. The van der Waals surface area contributed by atoms with Gasteiger partial charge in [-0.05, 0) is 44.7 Å². The van der Waals surface area contributed by atoms with Gasteiger partial charge < -0.3 is 20.3 Å². The molecule has 2 aliphatic heterocycles. The second-order valence-corrected chi connectivity index (χ2v) is 10.7. The SMILES string of the molecule is CC1(N2CCOCC2)CCN(c2cc(C#N)cc(Nc3nc(NC4CC4)c4ncc(C#N)n4n3)c2Cl)CC1. The average molecular weight is 533 g/mol. The normalized spacial score (nSPS) is 19.6. The number of hydrogen-bond acceptors (Lipinski definition) is 10. The number of nitrogens with one attached hydrogen (secondary N) is 2. The molecule has 38 heavy (non-hydrogen) atoms. The molecule has 3 aromatic rings. The van der Waals surface area contributed by atoms with Gasteiger partial charge in [-0.1, -0.05) is 11.6 Å². The van der Waals surface area contributed by atoms with Gasteiger partial charge in [0.25, 0.3) is 0 Å². The van der Waals surface area contributed by atoms with Crippen molar-refractivity contribution in [2.24, 2.45) is 0 Å². The molecular formula is C26H29ClN10O. The topological polar surface area (TPSA) is 130 Å². The van der Waals surface area contributed by atoms with Crippen molar-refractivity contribution in [1.29, 1.82) is 10.5 Å². The minimum Gasteiger partial charge on any atom is -0.379 e. The summed E-state index contributed by atoms with van der Waals surface area (Å²) < 4.78 is 7.02. The molecule has 2 N–H and O–H groups in total. The lowest BCUT2D eigenvalue weighted by Crippen LogP contribution is -2.56.